The van der Waals surface area contributed by atoms with Crippen molar-refractivity contribution in [3.8, 4) is 31.7 Å². The minimum Gasteiger partial charge on any atom is -0.506 e. The second-order valence-electron chi connectivity index (χ2n) is 14.0. The quantitative estimate of drug-likeness (QED) is 0.0703. The van der Waals surface area contributed by atoms with Crippen LogP contribution in [0.15, 0.2) is 24.3 Å². The number of rotatable bonds is 25. The van der Waals surface area contributed by atoms with Gasteiger partial charge in [-0.05, 0) is 44.4 Å². The Morgan fingerprint density at radius 2 is 1.16 bits per heavy atom. The second kappa shape index (κ2) is 20.9. The van der Waals surface area contributed by atoms with Crippen molar-refractivity contribution in [1.29, 1.82) is 0 Å². The van der Waals surface area contributed by atoms with E-state index >= 15 is 0 Å². The lowest BCUT2D eigenvalue weighted by molar-refractivity contribution is 0.0651. The Morgan fingerprint density at radius 1 is 0.633 bits per heavy atom. The highest BCUT2D eigenvalue weighted by atomic mass is 32.1. The first-order valence-corrected chi connectivity index (χ1v) is 21.1. The van der Waals surface area contributed by atoms with Gasteiger partial charge in [0.25, 0.3) is 11.8 Å². The molecule has 0 bridgehead atoms. The topological polar surface area (TPSA) is 66.8 Å². The lowest BCUT2D eigenvalue weighted by Crippen LogP contribution is -2.30. The molecule has 0 aliphatic carbocycles. The van der Waals surface area contributed by atoms with Crippen molar-refractivity contribution in [2.75, 3.05) is 13.2 Å². The molecule has 0 spiro atoms. The molecule has 0 saturated carbocycles. The second-order valence-corrected chi connectivity index (χ2v) is 16.3. The summed E-state index contributed by atoms with van der Waals surface area (Å²) in [6.07, 6.45) is 24.8. The number of amides is 2. The number of ether oxygens (including phenoxy) is 1. The normalized spacial score (nSPS) is 12.8. The number of nitrogens with zero attached hydrogens (tertiary/aromatic N) is 1. The first kappa shape index (κ1) is 39.2. The van der Waals surface area contributed by atoms with Crippen molar-refractivity contribution < 1.29 is 19.4 Å². The van der Waals surface area contributed by atoms with Crippen LogP contribution < -0.4 is 4.74 Å². The van der Waals surface area contributed by atoms with Crippen LogP contribution in [0.5, 0.6) is 11.5 Å². The molecule has 0 unspecified atom stereocenters. The average molecular weight is 708 g/mol. The van der Waals surface area contributed by atoms with E-state index in [1.807, 2.05) is 32.0 Å². The van der Waals surface area contributed by atoms with Crippen molar-refractivity contribution in [2.24, 2.45) is 0 Å². The molecular weight excluding hydrogens is 647 g/mol. The Kier molecular flexibility index (Phi) is 16.7. The fourth-order valence-corrected chi connectivity index (χ4v) is 9.12. The summed E-state index contributed by atoms with van der Waals surface area (Å²) in [5.74, 6) is 0.632. The molecule has 2 aromatic heterocycles. The summed E-state index contributed by atoms with van der Waals surface area (Å²) in [6.45, 7) is 9.50. The van der Waals surface area contributed by atoms with Crippen molar-refractivity contribution in [2.45, 2.75) is 156 Å². The Morgan fingerprint density at radius 3 is 1.71 bits per heavy atom. The summed E-state index contributed by atoms with van der Waals surface area (Å²) in [4.78, 5) is 32.6. The number of hydrogen-bond donors (Lipinski definition) is 1. The molecule has 3 heterocycles. The molecule has 270 valence electrons. The average Bonchev–Trinajstić information content (AvgIpc) is 3.73. The maximum absolute atomic E-state index is 13.9. The standard InChI is InChI=1S/C42H61NO4S2/c1-5-7-9-11-13-15-17-19-21-23-27-43-41(45)37-31(3)25-26-33(38(37)42(43)46)36-30-35(40(49-36)39-34(44)29-32(4)48-39)47-28-24-22-20-18-16-14-12-10-8-6-2/h25-26,29-30,44H,5-24,27-28H2,1-4H3. The molecule has 1 aromatic carbocycles. The van der Waals surface area contributed by atoms with Crippen molar-refractivity contribution in [3.63, 3.8) is 0 Å². The highest BCUT2D eigenvalue weighted by molar-refractivity contribution is 7.24. The minimum atomic E-state index is -0.188. The van der Waals surface area contributed by atoms with Gasteiger partial charge in [0.05, 0.1) is 27.5 Å². The number of aromatic hydroxyl groups is 1. The van der Waals surface area contributed by atoms with Gasteiger partial charge in [0.1, 0.15) is 11.5 Å². The largest absolute Gasteiger partial charge is 0.506 e. The molecule has 1 aliphatic heterocycles. The van der Waals surface area contributed by atoms with Crippen molar-refractivity contribution in [3.05, 3.63) is 45.8 Å². The van der Waals surface area contributed by atoms with Gasteiger partial charge in [-0.15, -0.1) is 22.7 Å². The lowest BCUT2D eigenvalue weighted by atomic mass is 9.97. The van der Waals surface area contributed by atoms with Gasteiger partial charge in [0.15, 0.2) is 0 Å². The number of benzene rings is 1. The van der Waals surface area contributed by atoms with Gasteiger partial charge < -0.3 is 9.84 Å². The van der Waals surface area contributed by atoms with Crippen LogP contribution in [0, 0.1) is 13.8 Å². The molecule has 5 nitrogen and oxygen atoms in total. The Bertz CT molecular complexity index is 1470. The molecular formula is C42H61NO4S2. The summed E-state index contributed by atoms with van der Waals surface area (Å²) in [5.41, 5.74) is 2.66. The fraction of sp³-hybridized carbons (Fsp3) is 0.619. The first-order chi connectivity index (χ1) is 23.9. The molecule has 1 N–H and O–H groups in total. The van der Waals surface area contributed by atoms with Gasteiger partial charge >= 0.3 is 0 Å². The van der Waals surface area contributed by atoms with Crippen LogP contribution in [-0.2, 0) is 0 Å². The summed E-state index contributed by atoms with van der Waals surface area (Å²) in [7, 11) is 0. The lowest BCUT2D eigenvalue weighted by Gasteiger charge is -2.13. The van der Waals surface area contributed by atoms with Gasteiger partial charge in [-0.1, -0.05) is 142 Å². The number of imide groups is 1. The molecule has 4 rings (SSSR count). The SMILES string of the molecule is CCCCCCCCCCCCOc1cc(-c2ccc(C)c3c2C(=O)N(CCCCCCCCCCCC)C3=O)sc1-c1sc(C)cc1O. The summed E-state index contributed by atoms with van der Waals surface area (Å²) in [5, 5.41) is 10.8. The van der Waals surface area contributed by atoms with E-state index in [9.17, 15) is 14.7 Å². The van der Waals surface area contributed by atoms with Crippen LogP contribution in [-0.4, -0.2) is 35.0 Å². The van der Waals surface area contributed by atoms with Gasteiger partial charge in [0.2, 0.25) is 0 Å². The predicted octanol–water partition coefficient (Wildman–Crippen LogP) is 13.3. The summed E-state index contributed by atoms with van der Waals surface area (Å²) >= 11 is 3.08. The maximum atomic E-state index is 13.9. The highest BCUT2D eigenvalue weighted by Crippen LogP contribution is 2.50. The molecule has 2 amide bonds. The Hall–Kier alpha value is -2.64. The van der Waals surface area contributed by atoms with Crippen molar-refractivity contribution in [1.82, 2.24) is 4.90 Å². The first-order valence-electron chi connectivity index (χ1n) is 19.4. The molecule has 3 aromatic rings. The van der Waals surface area contributed by atoms with Crippen LogP contribution in [0.3, 0.4) is 0 Å². The van der Waals surface area contributed by atoms with E-state index in [1.54, 1.807) is 17.4 Å². The molecule has 0 fully saturated rings. The Labute approximate surface area is 304 Å². The number of hydrogen-bond acceptors (Lipinski definition) is 6. The van der Waals surface area contributed by atoms with Crippen LogP contribution in [0.25, 0.3) is 20.2 Å². The van der Waals surface area contributed by atoms with E-state index in [1.165, 1.54) is 113 Å². The van der Waals surface area contributed by atoms with Gasteiger partial charge in [0, 0.05) is 21.9 Å². The number of unbranched alkanes of at least 4 members (excludes halogenated alkanes) is 18. The van der Waals surface area contributed by atoms with Crippen LogP contribution in [0.2, 0.25) is 0 Å². The van der Waals surface area contributed by atoms with Crippen LogP contribution >= 0.6 is 22.7 Å². The van der Waals surface area contributed by atoms with E-state index in [0.717, 1.165) is 68.5 Å². The Balaban J connectivity index is 1.39. The molecule has 0 radical (unpaired) electrons. The number of carbonyl (C=O) groups excluding carboxylic acids is 2. The number of thiophene rings is 2. The highest BCUT2D eigenvalue weighted by Gasteiger charge is 2.39. The predicted molar refractivity (Wildman–Crippen MR) is 209 cm³/mol. The van der Waals surface area contributed by atoms with Gasteiger partial charge in [-0.25, -0.2) is 0 Å². The van der Waals surface area contributed by atoms with Crippen LogP contribution in [0.1, 0.15) is 173 Å². The van der Waals surface area contributed by atoms with E-state index < -0.39 is 0 Å². The number of fused-ring (bicyclic) bond motifs is 1. The zero-order chi connectivity index (χ0) is 35.0. The number of aryl methyl sites for hydroxylation is 2. The third-order valence-corrected chi connectivity index (χ3v) is 12.2. The summed E-state index contributed by atoms with van der Waals surface area (Å²) in [6, 6.07) is 7.74. The van der Waals surface area contributed by atoms with E-state index in [-0.39, 0.29) is 17.6 Å². The molecule has 49 heavy (non-hydrogen) atoms. The van der Waals surface area contributed by atoms with Gasteiger partial charge in [-0.2, -0.15) is 0 Å². The summed E-state index contributed by atoms with van der Waals surface area (Å²) < 4.78 is 6.40. The van der Waals surface area contributed by atoms with E-state index in [2.05, 4.69) is 13.8 Å². The monoisotopic (exact) mass is 707 g/mol. The zero-order valence-corrected chi connectivity index (χ0v) is 32.4. The smallest absolute Gasteiger partial charge is 0.262 e. The third kappa shape index (κ3) is 11.2. The zero-order valence-electron chi connectivity index (χ0n) is 30.8. The minimum absolute atomic E-state index is 0.170. The molecule has 7 heteroatoms. The molecule has 1 aliphatic rings. The maximum Gasteiger partial charge on any atom is 0.262 e. The number of carbonyl (C=O) groups is 2. The van der Waals surface area contributed by atoms with E-state index in [4.69, 9.17) is 4.74 Å². The molecule has 0 atom stereocenters. The fourth-order valence-electron chi connectivity index (χ4n) is 6.94. The van der Waals surface area contributed by atoms with Gasteiger partial charge in [-0.3, -0.25) is 14.5 Å². The van der Waals surface area contributed by atoms with Crippen LogP contribution in [0.4, 0.5) is 0 Å². The molecule has 0 saturated heterocycles. The third-order valence-electron chi connectivity index (χ3n) is 9.83. The van der Waals surface area contributed by atoms with E-state index in [0.29, 0.717) is 24.3 Å². The van der Waals surface area contributed by atoms with Crippen molar-refractivity contribution >= 4 is 34.5 Å².